The number of pyridine rings is 3. The average Bonchev–Trinajstić information content (AvgIpc) is 3.26. The number of nitro groups is 1. The molecule has 7 aliphatic rings. The van der Waals surface area contributed by atoms with E-state index in [-0.39, 0.29) is 77.6 Å². The van der Waals surface area contributed by atoms with E-state index in [0.29, 0.717) is 56.9 Å². The second kappa shape index (κ2) is 22.1. The van der Waals surface area contributed by atoms with Gasteiger partial charge in [-0.2, -0.15) is 18.4 Å². The molecule has 3 N–H and O–H groups in total. The second-order valence-corrected chi connectivity index (χ2v) is 24.4. The number of fused-ring (bicyclic) bond motifs is 3. The Kier molecular flexibility index (Phi) is 14.5. The Balaban J connectivity index is 0.732. The Labute approximate surface area is 474 Å². The lowest BCUT2D eigenvalue weighted by Gasteiger charge is -2.58. The summed E-state index contributed by atoms with van der Waals surface area (Å²) in [5, 5.41) is 15.6. The summed E-state index contributed by atoms with van der Waals surface area (Å²) in [6.45, 7) is 11.3. The van der Waals surface area contributed by atoms with Gasteiger partial charge in [-0.1, -0.05) is 24.3 Å². The number of benzene rings is 2. The normalized spacial score (nSPS) is 21.7. The number of morpholine rings is 1. The van der Waals surface area contributed by atoms with Crippen LogP contribution in [0.5, 0.6) is 17.5 Å². The Morgan fingerprint density at radius 1 is 0.890 bits per heavy atom. The van der Waals surface area contributed by atoms with E-state index in [9.17, 15) is 23.3 Å². The fourth-order valence-electron chi connectivity index (χ4n) is 13.5. The lowest BCUT2D eigenvalue weighted by Crippen LogP contribution is -2.60. The third-order valence-corrected chi connectivity index (χ3v) is 19.2. The molecule has 10 heterocycles. The monoisotopic (exact) mass is 1140 g/mol. The van der Waals surface area contributed by atoms with E-state index in [4.69, 9.17) is 28.7 Å². The number of carbonyl (C=O) groups excluding carboxylic acids is 1. The average molecular weight is 1140 g/mol. The van der Waals surface area contributed by atoms with Crippen LogP contribution >= 0.6 is 0 Å². The van der Waals surface area contributed by atoms with Gasteiger partial charge in [-0.3, -0.25) is 24.7 Å². The zero-order valence-corrected chi connectivity index (χ0v) is 46.8. The number of hydrogen-bond acceptors (Lipinski definition) is 19. The summed E-state index contributed by atoms with van der Waals surface area (Å²) in [5.41, 5.74) is 4.48. The summed E-state index contributed by atoms with van der Waals surface area (Å²) in [7, 11) is -3.21. The molecule has 6 aromatic rings. The SMILES string of the molecule is COc1cc(CN2CCN(C3CC4(CCN(c5cc(N6CCOc7nc8[nH]ccc8cc76)c(C(=O)NS(=O)(=O)c6cc([N+](=O)[O-])c7c(n6)OC[C@@H](C6CCOCC6)N7)cc5F)CC4)C3)[C@H](c3ccccc3C)C2)cnc1N1CCOCC1. The molecule has 5 fully saturated rings. The molecule has 24 heteroatoms. The largest absolute Gasteiger partial charge is 0.493 e. The lowest BCUT2D eigenvalue weighted by atomic mass is 9.59. The number of halogens is 1. The van der Waals surface area contributed by atoms with E-state index >= 15 is 4.39 Å². The van der Waals surface area contributed by atoms with E-state index in [1.165, 1.54) is 11.1 Å². The Bertz CT molecular complexity index is 3530. The topological polar surface area (TPSA) is 235 Å². The maximum Gasteiger partial charge on any atom is 0.300 e. The first-order valence-corrected chi connectivity index (χ1v) is 29.9. The minimum Gasteiger partial charge on any atom is -0.493 e. The van der Waals surface area contributed by atoms with Crippen LogP contribution in [0.3, 0.4) is 0 Å². The highest BCUT2D eigenvalue weighted by Gasteiger charge is 2.50. The summed E-state index contributed by atoms with van der Waals surface area (Å²) >= 11 is 0. The molecule has 6 aliphatic heterocycles. The molecule has 0 radical (unpaired) electrons. The van der Waals surface area contributed by atoms with Gasteiger partial charge in [-0.25, -0.2) is 14.1 Å². The van der Waals surface area contributed by atoms with Crippen LogP contribution in [0.1, 0.15) is 71.6 Å². The first kappa shape index (κ1) is 53.9. The van der Waals surface area contributed by atoms with Crippen molar-refractivity contribution < 1.29 is 46.2 Å². The van der Waals surface area contributed by atoms with Gasteiger partial charge in [0.15, 0.2) is 22.3 Å². The predicted octanol–water partition coefficient (Wildman–Crippen LogP) is 7.11. The van der Waals surface area contributed by atoms with E-state index in [2.05, 4.69) is 76.9 Å². The maximum atomic E-state index is 17.0. The number of nitrogens with zero attached hydrogens (tertiary/aromatic N) is 9. The van der Waals surface area contributed by atoms with E-state index < -0.39 is 37.4 Å². The smallest absolute Gasteiger partial charge is 0.300 e. The molecule has 82 heavy (non-hydrogen) atoms. The van der Waals surface area contributed by atoms with Gasteiger partial charge in [0.2, 0.25) is 11.8 Å². The molecule has 1 spiro atoms. The van der Waals surface area contributed by atoms with Crippen molar-refractivity contribution in [2.24, 2.45) is 11.3 Å². The molecule has 1 amide bonds. The van der Waals surface area contributed by atoms with Crippen molar-refractivity contribution in [2.75, 3.05) is 119 Å². The number of carbonyl (C=O) groups is 1. The number of anilines is 5. The molecule has 2 aromatic carbocycles. The second-order valence-electron chi connectivity index (χ2n) is 22.8. The number of H-pyrrole nitrogens is 1. The van der Waals surface area contributed by atoms with Crippen molar-refractivity contribution in [3.8, 4) is 17.5 Å². The Hall–Kier alpha value is -7.38. The highest BCUT2D eigenvalue weighted by atomic mass is 32.2. The fourth-order valence-corrected chi connectivity index (χ4v) is 14.5. The van der Waals surface area contributed by atoms with Crippen LogP contribution in [-0.4, -0.2) is 160 Å². The molecular formula is C58H67FN12O10S. The first-order valence-electron chi connectivity index (χ1n) is 28.4. The van der Waals surface area contributed by atoms with Crippen LogP contribution < -0.4 is 38.9 Å². The Morgan fingerprint density at radius 3 is 2.46 bits per heavy atom. The van der Waals surface area contributed by atoms with Gasteiger partial charge in [0.1, 0.15) is 30.4 Å². The van der Waals surface area contributed by atoms with Gasteiger partial charge in [0.05, 0.1) is 60.8 Å². The minimum absolute atomic E-state index is 0.0472. The fraction of sp³-hybridized carbons (Fsp3) is 0.483. The molecular weight excluding hydrogens is 1080 g/mol. The van der Waals surface area contributed by atoms with Crippen molar-refractivity contribution in [3.63, 3.8) is 0 Å². The van der Waals surface area contributed by atoms with Crippen molar-refractivity contribution in [1.29, 1.82) is 0 Å². The summed E-state index contributed by atoms with van der Waals surface area (Å²) < 4.78 is 76.3. The van der Waals surface area contributed by atoms with Gasteiger partial charge < -0.3 is 48.7 Å². The third-order valence-electron chi connectivity index (χ3n) is 18.0. The molecule has 0 bridgehead atoms. The summed E-state index contributed by atoms with van der Waals surface area (Å²) in [6, 6.07) is 18.3. The van der Waals surface area contributed by atoms with Gasteiger partial charge in [-0.05, 0) is 104 Å². The number of methoxy groups -OCH3 is 1. The summed E-state index contributed by atoms with van der Waals surface area (Å²) in [6.07, 6.45) is 8.92. The third kappa shape index (κ3) is 10.4. The zero-order chi connectivity index (χ0) is 56.3. The highest BCUT2D eigenvalue weighted by Crippen LogP contribution is 2.54. The minimum atomic E-state index is -4.92. The van der Waals surface area contributed by atoms with E-state index in [0.717, 1.165) is 112 Å². The van der Waals surface area contributed by atoms with Gasteiger partial charge in [-0.15, -0.1) is 0 Å². The van der Waals surface area contributed by atoms with Crippen LogP contribution in [0.4, 0.5) is 38.6 Å². The number of aromatic nitrogens is 4. The zero-order valence-electron chi connectivity index (χ0n) is 46.0. The molecule has 13 rings (SSSR count). The number of ether oxygens (including phenoxy) is 5. The summed E-state index contributed by atoms with van der Waals surface area (Å²) in [5.74, 6) is -0.125. The van der Waals surface area contributed by atoms with Crippen molar-refractivity contribution in [2.45, 2.75) is 75.1 Å². The number of aromatic amines is 1. The molecule has 4 aromatic heterocycles. The number of aryl methyl sites for hydroxylation is 1. The molecule has 4 saturated heterocycles. The maximum absolute atomic E-state index is 17.0. The number of amides is 1. The van der Waals surface area contributed by atoms with Gasteiger partial charge in [0.25, 0.3) is 15.9 Å². The number of piperazine rings is 1. The lowest BCUT2D eigenvalue weighted by molar-refractivity contribution is -0.384. The van der Waals surface area contributed by atoms with E-state index in [1.807, 2.05) is 23.2 Å². The number of sulfonamides is 1. The molecule has 2 atom stereocenters. The van der Waals surface area contributed by atoms with E-state index in [1.54, 1.807) is 24.3 Å². The highest BCUT2D eigenvalue weighted by molar-refractivity contribution is 7.90. The molecule has 1 saturated carbocycles. The van der Waals surface area contributed by atoms with Crippen LogP contribution in [-0.2, 0) is 26.0 Å². The number of hydrogen-bond donors (Lipinski definition) is 3. The molecule has 22 nitrogen and oxygen atoms in total. The van der Waals surface area contributed by atoms with Crippen LogP contribution in [0.15, 0.2) is 78.1 Å². The summed E-state index contributed by atoms with van der Waals surface area (Å²) in [4.78, 5) is 54.5. The van der Waals surface area contributed by atoms with Crippen LogP contribution in [0, 0.1) is 34.2 Å². The van der Waals surface area contributed by atoms with Gasteiger partial charge >= 0.3 is 5.69 Å². The number of nitrogens with one attached hydrogen (secondary N) is 3. The Morgan fingerprint density at radius 2 is 1.68 bits per heavy atom. The van der Waals surface area contributed by atoms with Crippen LogP contribution in [0.25, 0.3) is 11.0 Å². The number of rotatable bonds is 13. The van der Waals surface area contributed by atoms with Crippen LogP contribution in [0.2, 0.25) is 0 Å². The van der Waals surface area contributed by atoms with Crippen molar-refractivity contribution in [3.05, 3.63) is 111 Å². The molecule has 1 aliphatic carbocycles. The quantitative estimate of drug-likeness (QED) is 0.0772. The van der Waals surface area contributed by atoms with Crippen molar-refractivity contribution in [1.82, 2.24) is 34.5 Å². The number of piperidine rings is 1. The standard InChI is InChI=1S/C58H67FN12O10S/c1-36-5-3-4-6-41(36)49-34-66(33-37-25-50(77-2)54(61-32-37)68-17-22-79-23-18-68)15-16-69(49)40-30-58(31-40)10-13-67(14-11-58)46-28-45(70-19-24-80-56-48(70)26-39-7-12-60-53(39)64-56)42(27-43(46)59)55(72)65-82(75,76)51-29-47(71(73)74)52-57(63-51)81-35-44(62-52)38-8-20-78-21-9-38/h3-7,12,25-29,32,38,40,44,49,62H,8-11,13-24,30-31,33-35H2,1-2H3,(H,60,64)(H,65,72)/t44-,49-/m0/s1. The van der Waals surface area contributed by atoms with Gasteiger partial charge in [0, 0.05) is 95.4 Å². The first-order chi connectivity index (χ1) is 39.8. The molecule has 432 valence electrons. The predicted molar refractivity (Wildman–Crippen MR) is 304 cm³/mol. The molecule has 0 unspecified atom stereocenters. The van der Waals surface area contributed by atoms with Crippen molar-refractivity contribution >= 4 is 61.2 Å².